The second kappa shape index (κ2) is 7.07. The van der Waals surface area contributed by atoms with Crippen molar-refractivity contribution < 1.29 is 14.4 Å². The van der Waals surface area contributed by atoms with Crippen LogP contribution in [-0.4, -0.2) is 17.7 Å². The first kappa shape index (κ1) is 17.2. The molecule has 5 nitrogen and oxygen atoms in total. The minimum atomic E-state index is -0.284. The van der Waals surface area contributed by atoms with E-state index in [-0.39, 0.29) is 36.6 Å². The number of rotatable bonds is 4. The predicted octanol–water partition coefficient (Wildman–Crippen LogP) is 3.48. The van der Waals surface area contributed by atoms with E-state index in [1.165, 1.54) is 0 Å². The first-order valence-corrected chi connectivity index (χ1v) is 8.35. The summed E-state index contributed by atoms with van der Waals surface area (Å²) in [6.07, 6.45) is 0.419. The van der Waals surface area contributed by atoms with E-state index in [1.54, 1.807) is 36.4 Å². The summed E-state index contributed by atoms with van der Waals surface area (Å²) in [6.45, 7) is 1.86. The maximum atomic E-state index is 12.5. The molecule has 0 aromatic heterocycles. The van der Waals surface area contributed by atoms with Gasteiger partial charge in [-0.15, -0.1) is 0 Å². The van der Waals surface area contributed by atoms with Gasteiger partial charge in [-0.05, 0) is 42.8 Å². The van der Waals surface area contributed by atoms with Crippen LogP contribution in [0.4, 0.5) is 5.69 Å². The van der Waals surface area contributed by atoms with Gasteiger partial charge in [0.25, 0.3) is 5.91 Å². The number of halogens is 1. The number of anilines is 1. The van der Waals surface area contributed by atoms with Gasteiger partial charge in [-0.1, -0.05) is 29.8 Å². The topological polar surface area (TPSA) is 66.5 Å². The third-order valence-electron chi connectivity index (χ3n) is 4.11. The minimum absolute atomic E-state index is 0.209. The molecule has 128 valence electrons. The molecule has 1 saturated heterocycles. The molecular weight excluding hydrogens is 340 g/mol. The van der Waals surface area contributed by atoms with Crippen LogP contribution in [0.2, 0.25) is 5.02 Å². The Bertz CT molecular complexity index is 834. The largest absolute Gasteiger partial charge is 0.346 e. The zero-order valence-corrected chi connectivity index (χ0v) is 14.4. The molecule has 1 aliphatic rings. The Kier molecular flexibility index (Phi) is 4.86. The lowest BCUT2D eigenvalue weighted by molar-refractivity contribution is -0.121. The Morgan fingerprint density at radius 3 is 2.44 bits per heavy atom. The summed E-state index contributed by atoms with van der Waals surface area (Å²) in [6, 6.07) is 13.6. The van der Waals surface area contributed by atoms with E-state index in [4.69, 9.17) is 11.6 Å². The molecule has 0 radical (unpaired) electrons. The smallest absolute Gasteiger partial charge is 0.251 e. The maximum Gasteiger partial charge on any atom is 0.251 e. The average Bonchev–Trinajstić information content (AvgIpc) is 2.93. The molecule has 0 aliphatic carbocycles. The Hall–Kier alpha value is -2.66. The zero-order chi connectivity index (χ0) is 18.0. The number of nitrogens with one attached hydrogen (secondary N) is 1. The number of hydrogen-bond donors (Lipinski definition) is 1. The van der Waals surface area contributed by atoms with E-state index in [9.17, 15) is 14.4 Å². The molecule has 1 fully saturated rings. The van der Waals surface area contributed by atoms with Crippen LogP contribution >= 0.6 is 11.6 Å². The van der Waals surface area contributed by atoms with Crippen molar-refractivity contribution in [2.45, 2.75) is 25.8 Å². The van der Waals surface area contributed by atoms with Crippen LogP contribution in [0.25, 0.3) is 0 Å². The van der Waals surface area contributed by atoms with Gasteiger partial charge in [0.2, 0.25) is 11.8 Å². The van der Waals surface area contributed by atoms with Crippen LogP contribution in [-0.2, 0) is 9.59 Å². The van der Waals surface area contributed by atoms with Crippen LogP contribution < -0.4 is 10.2 Å². The van der Waals surface area contributed by atoms with Crippen LogP contribution in [0.3, 0.4) is 0 Å². The fourth-order valence-corrected chi connectivity index (χ4v) is 2.99. The van der Waals surface area contributed by atoms with Crippen molar-refractivity contribution in [1.29, 1.82) is 0 Å². The zero-order valence-electron chi connectivity index (χ0n) is 13.7. The lowest BCUT2D eigenvalue weighted by Crippen LogP contribution is -2.30. The van der Waals surface area contributed by atoms with Gasteiger partial charge in [0.05, 0.1) is 11.7 Å². The van der Waals surface area contributed by atoms with Crippen molar-refractivity contribution in [3.8, 4) is 0 Å². The second-order valence-electron chi connectivity index (χ2n) is 5.92. The Labute approximate surface area is 150 Å². The fourth-order valence-electron chi connectivity index (χ4n) is 2.79. The van der Waals surface area contributed by atoms with E-state index in [0.717, 1.165) is 10.5 Å². The third-order valence-corrected chi connectivity index (χ3v) is 4.35. The van der Waals surface area contributed by atoms with Crippen molar-refractivity contribution in [1.82, 2.24) is 5.32 Å². The number of amides is 3. The van der Waals surface area contributed by atoms with Crippen molar-refractivity contribution in [2.75, 3.05) is 4.90 Å². The molecule has 0 spiro atoms. The molecule has 6 heteroatoms. The van der Waals surface area contributed by atoms with E-state index in [2.05, 4.69) is 5.32 Å². The summed E-state index contributed by atoms with van der Waals surface area (Å²) >= 11 is 5.98. The van der Waals surface area contributed by atoms with Gasteiger partial charge in [-0.25, -0.2) is 0 Å². The van der Waals surface area contributed by atoms with E-state index in [1.807, 2.05) is 19.1 Å². The van der Waals surface area contributed by atoms with Gasteiger partial charge in [-0.3, -0.25) is 19.3 Å². The first-order valence-electron chi connectivity index (χ1n) is 7.98. The van der Waals surface area contributed by atoms with E-state index in [0.29, 0.717) is 16.3 Å². The predicted molar refractivity (Wildman–Crippen MR) is 95.5 cm³/mol. The highest BCUT2D eigenvalue weighted by Crippen LogP contribution is 2.24. The highest BCUT2D eigenvalue weighted by Gasteiger charge is 2.30. The maximum absolute atomic E-state index is 12.5. The molecule has 25 heavy (non-hydrogen) atoms. The monoisotopic (exact) mass is 356 g/mol. The summed E-state index contributed by atoms with van der Waals surface area (Å²) < 4.78 is 0. The third kappa shape index (κ3) is 3.72. The number of carbonyl (C=O) groups excluding carboxylic acids is 3. The van der Waals surface area contributed by atoms with Crippen molar-refractivity contribution in [3.05, 3.63) is 64.7 Å². The van der Waals surface area contributed by atoms with Crippen LogP contribution in [0.15, 0.2) is 48.5 Å². The molecule has 0 bridgehead atoms. The number of nitrogens with zero attached hydrogens (tertiary/aromatic N) is 1. The van der Waals surface area contributed by atoms with Crippen LogP contribution in [0, 0.1) is 0 Å². The summed E-state index contributed by atoms with van der Waals surface area (Å²) in [5, 5.41) is 3.50. The molecule has 1 heterocycles. The van der Waals surface area contributed by atoms with Gasteiger partial charge in [0.1, 0.15) is 0 Å². The summed E-state index contributed by atoms with van der Waals surface area (Å²) in [5.41, 5.74) is 1.70. The molecule has 1 unspecified atom stereocenters. The molecule has 2 aromatic rings. The summed E-state index contributed by atoms with van der Waals surface area (Å²) in [5.74, 6) is -0.766. The summed E-state index contributed by atoms with van der Waals surface area (Å²) in [4.78, 5) is 37.4. The SMILES string of the molecule is CC(NC(=O)c1cccc(N2C(=O)CCC2=O)c1)c1cccc(Cl)c1. The summed E-state index contributed by atoms with van der Waals surface area (Å²) in [7, 11) is 0. The lowest BCUT2D eigenvalue weighted by Gasteiger charge is -2.17. The molecular formula is C19H17ClN2O3. The minimum Gasteiger partial charge on any atom is -0.346 e. The van der Waals surface area contributed by atoms with Gasteiger partial charge in [0, 0.05) is 23.4 Å². The van der Waals surface area contributed by atoms with E-state index >= 15 is 0 Å². The number of benzene rings is 2. The molecule has 1 aliphatic heterocycles. The molecule has 3 amide bonds. The van der Waals surface area contributed by atoms with Gasteiger partial charge in [0.15, 0.2) is 0 Å². The lowest BCUT2D eigenvalue weighted by atomic mass is 10.1. The Morgan fingerprint density at radius 2 is 1.76 bits per heavy atom. The fraction of sp³-hybridized carbons (Fsp3) is 0.211. The number of imide groups is 1. The normalized spacial score (nSPS) is 15.4. The van der Waals surface area contributed by atoms with Crippen molar-refractivity contribution >= 4 is 35.0 Å². The van der Waals surface area contributed by atoms with Gasteiger partial charge >= 0.3 is 0 Å². The molecule has 3 rings (SSSR count). The molecule has 1 N–H and O–H groups in total. The van der Waals surface area contributed by atoms with Crippen LogP contribution in [0.5, 0.6) is 0 Å². The highest BCUT2D eigenvalue weighted by atomic mass is 35.5. The number of carbonyl (C=O) groups is 3. The van der Waals surface area contributed by atoms with Crippen molar-refractivity contribution in [2.24, 2.45) is 0 Å². The number of hydrogen-bond acceptors (Lipinski definition) is 3. The Balaban J connectivity index is 1.77. The highest BCUT2D eigenvalue weighted by molar-refractivity contribution is 6.30. The van der Waals surface area contributed by atoms with Gasteiger partial charge in [-0.2, -0.15) is 0 Å². The average molecular weight is 357 g/mol. The quantitative estimate of drug-likeness (QED) is 0.853. The Morgan fingerprint density at radius 1 is 1.08 bits per heavy atom. The van der Waals surface area contributed by atoms with Crippen LogP contribution in [0.1, 0.15) is 41.7 Å². The first-order chi connectivity index (χ1) is 12.0. The van der Waals surface area contributed by atoms with Crippen molar-refractivity contribution in [3.63, 3.8) is 0 Å². The standard InChI is InChI=1S/C19H17ClN2O3/c1-12(13-4-2-6-15(20)10-13)21-19(25)14-5-3-7-16(11-14)22-17(23)8-9-18(22)24/h2-7,10-12H,8-9H2,1H3,(H,21,25). The van der Waals surface area contributed by atoms with E-state index < -0.39 is 0 Å². The van der Waals surface area contributed by atoms with Gasteiger partial charge < -0.3 is 5.32 Å². The second-order valence-corrected chi connectivity index (χ2v) is 6.36. The molecule has 0 saturated carbocycles. The molecule has 1 atom stereocenters. The molecule has 2 aromatic carbocycles.